The smallest absolute Gasteiger partial charge is 0.0300 e. The van der Waals surface area contributed by atoms with E-state index in [-0.39, 0.29) is 0 Å². The third-order valence-corrected chi connectivity index (χ3v) is 3.36. The van der Waals surface area contributed by atoms with Crippen LogP contribution in [-0.4, -0.2) is 42.6 Å². The number of likely N-dealkylation sites (N-methyl/N-ethyl adjacent to an activating group) is 1. The lowest BCUT2D eigenvalue weighted by molar-refractivity contribution is 0.301. The fraction of sp³-hybridized carbons (Fsp3) is 0.615. The average Bonchev–Trinajstić information content (AvgIpc) is 2.72. The van der Waals surface area contributed by atoms with Gasteiger partial charge in [-0.15, -0.1) is 0 Å². The van der Waals surface area contributed by atoms with Crippen LogP contribution in [0.5, 0.6) is 0 Å². The van der Waals surface area contributed by atoms with Crippen molar-refractivity contribution in [3.8, 4) is 0 Å². The summed E-state index contributed by atoms with van der Waals surface area (Å²) in [7, 11) is 2.22. The number of rotatable bonds is 5. The van der Waals surface area contributed by atoms with Gasteiger partial charge in [-0.3, -0.25) is 4.98 Å². The highest BCUT2D eigenvalue weighted by atomic mass is 15.2. The van der Waals surface area contributed by atoms with Gasteiger partial charge in [0.15, 0.2) is 0 Å². The molecule has 0 amide bonds. The highest BCUT2D eigenvalue weighted by Crippen LogP contribution is 2.13. The van der Waals surface area contributed by atoms with E-state index in [4.69, 9.17) is 0 Å². The molecular weight excluding hydrogens is 198 g/mol. The second kappa shape index (κ2) is 5.97. The largest absolute Gasteiger partial charge is 0.315 e. The van der Waals surface area contributed by atoms with Crippen molar-refractivity contribution in [3.05, 3.63) is 30.1 Å². The molecule has 2 rings (SSSR count). The molecule has 1 saturated heterocycles. The molecule has 3 heteroatoms. The van der Waals surface area contributed by atoms with Crippen LogP contribution in [-0.2, 0) is 6.42 Å². The Morgan fingerprint density at radius 2 is 2.50 bits per heavy atom. The molecule has 88 valence electrons. The van der Waals surface area contributed by atoms with E-state index < -0.39 is 0 Å². The molecule has 1 aliphatic rings. The Kier molecular flexibility index (Phi) is 4.31. The van der Waals surface area contributed by atoms with E-state index in [1.54, 1.807) is 0 Å². The number of hydrogen-bond donors (Lipinski definition) is 1. The first-order valence-electron chi connectivity index (χ1n) is 6.16. The van der Waals surface area contributed by atoms with Gasteiger partial charge < -0.3 is 10.2 Å². The summed E-state index contributed by atoms with van der Waals surface area (Å²) in [6.07, 6.45) is 7.54. The first-order chi connectivity index (χ1) is 7.86. The third kappa shape index (κ3) is 3.29. The molecule has 16 heavy (non-hydrogen) atoms. The van der Waals surface area contributed by atoms with Gasteiger partial charge in [0.1, 0.15) is 0 Å². The van der Waals surface area contributed by atoms with Crippen LogP contribution in [0.2, 0.25) is 0 Å². The molecule has 1 atom stereocenters. The molecule has 1 fully saturated rings. The van der Waals surface area contributed by atoms with Crippen LogP contribution in [0.15, 0.2) is 24.5 Å². The van der Waals surface area contributed by atoms with Crippen molar-refractivity contribution < 1.29 is 0 Å². The summed E-state index contributed by atoms with van der Waals surface area (Å²) >= 11 is 0. The summed E-state index contributed by atoms with van der Waals surface area (Å²) in [5.41, 5.74) is 1.31. The molecule has 0 radical (unpaired) electrons. The molecule has 0 saturated carbocycles. The van der Waals surface area contributed by atoms with E-state index >= 15 is 0 Å². The maximum atomic E-state index is 4.12. The molecule has 1 aromatic rings. The van der Waals surface area contributed by atoms with Crippen LogP contribution in [0.3, 0.4) is 0 Å². The average molecular weight is 219 g/mol. The second-order valence-electron chi connectivity index (χ2n) is 4.59. The van der Waals surface area contributed by atoms with Gasteiger partial charge in [0.2, 0.25) is 0 Å². The number of aromatic nitrogens is 1. The Morgan fingerprint density at radius 1 is 1.56 bits per heavy atom. The second-order valence-corrected chi connectivity index (χ2v) is 4.59. The maximum Gasteiger partial charge on any atom is 0.0300 e. The van der Waals surface area contributed by atoms with E-state index in [0.717, 1.165) is 25.6 Å². The van der Waals surface area contributed by atoms with Gasteiger partial charge in [0, 0.05) is 25.0 Å². The zero-order valence-electron chi connectivity index (χ0n) is 10.0. The van der Waals surface area contributed by atoms with Crippen LogP contribution < -0.4 is 5.32 Å². The Hall–Kier alpha value is -0.930. The number of likely N-dealkylation sites (tertiary alicyclic amines) is 1. The number of nitrogens with zero attached hydrogens (tertiary/aromatic N) is 2. The zero-order chi connectivity index (χ0) is 11.2. The Bertz CT molecular complexity index is 299. The maximum absolute atomic E-state index is 4.12. The lowest BCUT2D eigenvalue weighted by atomic mass is 10.2. The van der Waals surface area contributed by atoms with Crippen molar-refractivity contribution in [1.82, 2.24) is 15.2 Å². The van der Waals surface area contributed by atoms with Gasteiger partial charge >= 0.3 is 0 Å². The van der Waals surface area contributed by atoms with Crippen molar-refractivity contribution in [2.75, 3.05) is 26.7 Å². The SMILES string of the molecule is CN1CCCC1CNCCc1cccnc1. The minimum atomic E-state index is 0.744. The molecule has 0 aliphatic carbocycles. The van der Waals surface area contributed by atoms with Gasteiger partial charge in [-0.25, -0.2) is 0 Å². The van der Waals surface area contributed by atoms with E-state index in [1.807, 2.05) is 18.5 Å². The van der Waals surface area contributed by atoms with E-state index in [0.29, 0.717) is 0 Å². The van der Waals surface area contributed by atoms with Crippen LogP contribution in [0.4, 0.5) is 0 Å². The highest BCUT2D eigenvalue weighted by Gasteiger charge is 2.19. The van der Waals surface area contributed by atoms with E-state index in [2.05, 4.69) is 28.3 Å². The lowest BCUT2D eigenvalue weighted by Crippen LogP contribution is -2.36. The normalized spacial score (nSPS) is 21.4. The molecule has 1 unspecified atom stereocenters. The fourth-order valence-electron chi connectivity index (χ4n) is 2.28. The van der Waals surface area contributed by atoms with Gasteiger partial charge in [0.05, 0.1) is 0 Å². The molecule has 0 spiro atoms. The summed E-state index contributed by atoms with van der Waals surface area (Å²) < 4.78 is 0. The van der Waals surface area contributed by atoms with Gasteiger partial charge in [-0.1, -0.05) is 6.07 Å². The zero-order valence-corrected chi connectivity index (χ0v) is 10.0. The van der Waals surface area contributed by atoms with Gasteiger partial charge in [0.25, 0.3) is 0 Å². The summed E-state index contributed by atoms with van der Waals surface area (Å²) in [5, 5.41) is 3.54. The van der Waals surface area contributed by atoms with Crippen molar-refractivity contribution in [2.24, 2.45) is 0 Å². The van der Waals surface area contributed by atoms with Crippen LogP contribution in [0.1, 0.15) is 18.4 Å². The van der Waals surface area contributed by atoms with Crippen LogP contribution >= 0.6 is 0 Å². The number of hydrogen-bond acceptors (Lipinski definition) is 3. The van der Waals surface area contributed by atoms with E-state index in [9.17, 15) is 0 Å². The number of nitrogens with one attached hydrogen (secondary N) is 1. The van der Waals surface area contributed by atoms with Crippen molar-refractivity contribution >= 4 is 0 Å². The fourth-order valence-corrected chi connectivity index (χ4v) is 2.28. The first-order valence-corrected chi connectivity index (χ1v) is 6.16. The Labute approximate surface area is 97.9 Å². The van der Waals surface area contributed by atoms with Gasteiger partial charge in [-0.2, -0.15) is 0 Å². The summed E-state index contributed by atoms with van der Waals surface area (Å²) in [4.78, 5) is 6.57. The van der Waals surface area contributed by atoms with Crippen LogP contribution in [0, 0.1) is 0 Å². The molecular formula is C13H21N3. The minimum Gasteiger partial charge on any atom is -0.315 e. The predicted molar refractivity (Wildman–Crippen MR) is 66.5 cm³/mol. The Balaban J connectivity index is 1.62. The first kappa shape index (κ1) is 11.6. The quantitative estimate of drug-likeness (QED) is 0.757. The molecule has 0 aromatic carbocycles. The van der Waals surface area contributed by atoms with Crippen molar-refractivity contribution in [2.45, 2.75) is 25.3 Å². The molecule has 3 nitrogen and oxygen atoms in total. The van der Waals surface area contributed by atoms with E-state index in [1.165, 1.54) is 24.9 Å². The molecule has 2 heterocycles. The van der Waals surface area contributed by atoms with Crippen molar-refractivity contribution in [1.29, 1.82) is 0 Å². The summed E-state index contributed by atoms with van der Waals surface area (Å²) in [6.45, 7) is 3.43. The summed E-state index contributed by atoms with van der Waals surface area (Å²) in [5.74, 6) is 0. The number of pyridine rings is 1. The third-order valence-electron chi connectivity index (χ3n) is 3.36. The van der Waals surface area contributed by atoms with Gasteiger partial charge in [-0.05, 0) is 51.0 Å². The standard InChI is InChI=1S/C13H21N3/c1-16-9-3-5-13(16)11-15-8-6-12-4-2-7-14-10-12/h2,4,7,10,13,15H,3,5-6,8-9,11H2,1H3. The monoisotopic (exact) mass is 219 g/mol. The topological polar surface area (TPSA) is 28.2 Å². The molecule has 1 aliphatic heterocycles. The van der Waals surface area contributed by atoms with Crippen molar-refractivity contribution in [3.63, 3.8) is 0 Å². The molecule has 1 aromatic heterocycles. The summed E-state index contributed by atoms with van der Waals surface area (Å²) in [6, 6.07) is 4.88. The minimum absolute atomic E-state index is 0.744. The molecule has 1 N–H and O–H groups in total. The Morgan fingerprint density at radius 3 is 3.19 bits per heavy atom. The highest BCUT2D eigenvalue weighted by molar-refractivity contribution is 5.08. The van der Waals surface area contributed by atoms with Crippen LogP contribution in [0.25, 0.3) is 0 Å². The lowest BCUT2D eigenvalue weighted by Gasteiger charge is -2.19. The predicted octanol–water partition coefficient (Wildman–Crippen LogP) is 1.31. The molecule has 0 bridgehead atoms.